The van der Waals surface area contributed by atoms with E-state index >= 15 is 0 Å². The fourth-order valence-electron chi connectivity index (χ4n) is 2.99. The van der Waals surface area contributed by atoms with E-state index in [4.69, 9.17) is 9.15 Å². The Balaban J connectivity index is 1.52. The molecule has 0 aliphatic carbocycles. The molecule has 148 valence electrons. The highest BCUT2D eigenvalue weighted by Crippen LogP contribution is 2.40. The van der Waals surface area contributed by atoms with Gasteiger partial charge in [-0.2, -0.15) is 0 Å². The van der Waals surface area contributed by atoms with Crippen molar-refractivity contribution in [3.63, 3.8) is 0 Å². The van der Waals surface area contributed by atoms with Crippen LogP contribution < -0.4 is 4.74 Å². The Bertz CT molecular complexity index is 1330. The van der Waals surface area contributed by atoms with Crippen molar-refractivity contribution < 1.29 is 9.15 Å². The van der Waals surface area contributed by atoms with E-state index in [1.54, 1.807) is 24.8 Å². The number of hydrogen-bond acceptors (Lipinski definition) is 8. The number of fused-ring (bicyclic) bond motifs is 1. The maximum atomic E-state index is 5.89. The normalized spacial score (nSPS) is 11.1. The van der Waals surface area contributed by atoms with Gasteiger partial charge >= 0.3 is 0 Å². The van der Waals surface area contributed by atoms with Crippen molar-refractivity contribution in [3.05, 3.63) is 64.7 Å². The van der Waals surface area contributed by atoms with Gasteiger partial charge in [0.1, 0.15) is 21.9 Å². The van der Waals surface area contributed by atoms with Crippen LogP contribution in [0.4, 0.5) is 0 Å². The number of ether oxygens (including phenoxy) is 1. The molecule has 5 rings (SSSR count). The predicted octanol–water partition coefficient (Wildman–Crippen LogP) is 6.33. The molecule has 0 saturated heterocycles. The van der Waals surface area contributed by atoms with Gasteiger partial charge in [-0.05, 0) is 57.5 Å². The Morgan fingerprint density at radius 1 is 1.00 bits per heavy atom. The Hall–Kier alpha value is -2.75. The second-order valence-electron chi connectivity index (χ2n) is 6.19. The van der Waals surface area contributed by atoms with Gasteiger partial charge in [-0.1, -0.05) is 24.3 Å². The summed E-state index contributed by atoms with van der Waals surface area (Å²) in [5.74, 6) is 1.27. The van der Waals surface area contributed by atoms with Gasteiger partial charge in [0.2, 0.25) is 5.89 Å². The quantitative estimate of drug-likeness (QED) is 0.263. The predicted molar refractivity (Wildman–Crippen MR) is 121 cm³/mol. The number of aromatic nitrogens is 4. The first kappa shape index (κ1) is 19.2. The molecule has 3 heterocycles. The van der Waals surface area contributed by atoms with Gasteiger partial charge in [-0.25, -0.2) is 9.97 Å². The lowest BCUT2D eigenvalue weighted by Crippen LogP contribution is -1.86. The van der Waals surface area contributed by atoms with Crippen molar-refractivity contribution in [2.75, 3.05) is 7.11 Å². The molecule has 0 N–H and O–H groups in total. The third-order valence-corrected chi connectivity index (χ3v) is 6.85. The molecule has 30 heavy (non-hydrogen) atoms. The molecule has 9 heteroatoms. The highest BCUT2D eigenvalue weighted by molar-refractivity contribution is 9.10. The molecule has 0 unspecified atom stereocenters. The minimum absolute atomic E-state index is 0.424. The zero-order valence-electron chi connectivity index (χ0n) is 15.6. The Labute approximate surface area is 188 Å². The number of methoxy groups -OCH3 is 1. The standard InChI is InChI=1S/C21H13BrN4O2S2/c1-27-13-8-6-12(7-9-13)15-10-29-19-17(15)20(24-11-23-19)30-21-26-25-18(28-21)14-4-2-3-5-16(14)22/h2-11H,1H3. The lowest BCUT2D eigenvalue weighted by Gasteiger charge is -2.05. The monoisotopic (exact) mass is 496 g/mol. The van der Waals surface area contributed by atoms with E-state index in [9.17, 15) is 0 Å². The summed E-state index contributed by atoms with van der Waals surface area (Å²) in [4.78, 5) is 9.82. The third-order valence-electron chi connectivity index (χ3n) is 4.43. The zero-order chi connectivity index (χ0) is 20.5. The molecule has 0 aliphatic rings. The first-order valence-corrected chi connectivity index (χ1v) is 11.3. The minimum atomic E-state index is 0.424. The summed E-state index contributed by atoms with van der Waals surface area (Å²) >= 11 is 6.43. The summed E-state index contributed by atoms with van der Waals surface area (Å²) in [7, 11) is 1.66. The van der Waals surface area contributed by atoms with E-state index in [1.807, 2.05) is 48.5 Å². The topological polar surface area (TPSA) is 73.9 Å². The van der Waals surface area contributed by atoms with Gasteiger partial charge in [-0.15, -0.1) is 21.5 Å². The fourth-order valence-corrected chi connectivity index (χ4v) is 5.20. The average Bonchev–Trinajstić information content (AvgIpc) is 3.42. The van der Waals surface area contributed by atoms with Gasteiger partial charge in [0.25, 0.3) is 5.22 Å². The van der Waals surface area contributed by atoms with E-state index in [-0.39, 0.29) is 0 Å². The van der Waals surface area contributed by atoms with Gasteiger partial charge in [0.15, 0.2) is 0 Å². The van der Waals surface area contributed by atoms with Gasteiger partial charge in [0.05, 0.1) is 18.1 Å². The van der Waals surface area contributed by atoms with Crippen LogP contribution >= 0.6 is 39.0 Å². The van der Waals surface area contributed by atoms with Crippen LogP contribution in [0.2, 0.25) is 0 Å². The second-order valence-corrected chi connectivity index (χ2v) is 8.84. The molecule has 0 amide bonds. The lowest BCUT2D eigenvalue weighted by molar-refractivity contribution is 0.415. The number of thiophene rings is 1. The molecular formula is C21H13BrN4O2S2. The van der Waals surface area contributed by atoms with Crippen LogP contribution in [0.15, 0.2) is 79.4 Å². The summed E-state index contributed by atoms with van der Waals surface area (Å²) < 4.78 is 12.1. The van der Waals surface area contributed by atoms with E-state index < -0.39 is 0 Å². The Morgan fingerprint density at radius 2 is 1.83 bits per heavy atom. The van der Waals surface area contributed by atoms with Crippen LogP contribution in [0.5, 0.6) is 5.75 Å². The summed E-state index contributed by atoms with van der Waals surface area (Å²) in [5, 5.41) is 12.6. The van der Waals surface area contributed by atoms with Crippen molar-refractivity contribution in [1.82, 2.24) is 20.2 Å². The van der Waals surface area contributed by atoms with Crippen LogP contribution in [0.3, 0.4) is 0 Å². The third kappa shape index (κ3) is 3.60. The molecule has 0 saturated carbocycles. The summed E-state index contributed by atoms with van der Waals surface area (Å²) in [5.41, 5.74) is 2.98. The SMILES string of the molecule is COc1ccc(-c2csc3ncnc(Sc4nnc(-c5ccccc5Br)o4)c23)cc1. The first-order valence-electron chi connectivity index (χ1n) is 8.86. The van der Waals surface area contributed by atoms with Crippen molar-refractivity contribution in [2.24, 2.45) is 0 Å². The Kier molecular flexibility index (Phi) is 5.24. The van der Waals surface area contributed by atoms with Gasteiger partial charge in [-0.3, -0.25) is 0 Å². The van der Waals surface area contributed by atoms with Gasteiger partial charge in [0, 0.05) is 15.4 Å². The van der Waals surface area contributed by atoms with Crippen LogP contribution in [0.25, 0.3) is 32.8 Å². The highest BCUT2D eigenvalue weighted by atomic mass is 79.9. The molecule has 3 aromatic heterocycles. The summed E-state index contributed by atoms with van der Waals surface area (Å²) in [6.07, 6.45) is 1.56. The van der Waals surface area contributed by atoms with Crippen LogP contribution in [0, 0.1) is 0 Å². The molecule has 0 fully saturated rings. The number of halogens is 1. The minimum Gasteiger partial charge on any atom is -0.497 e. The Morgan fingerprint density at radius 3 is 2.63 bits per heavy atom. The van der Waals surface area contributed by atoms with Crippen LogP contribution in [-0.2, 0) is 0 Å². The number of rotatable bonds is 5. The molecule has 0 spiro atoms. The highest BCUT2D eigenvalue weighted by Gasteiger charge is 2.18. The van der Waals surface area contributed by atoms with E-state index in [0.717, 1.165) is 42.2 Å². The average molecular weight is 497 g/mol. The molecule has 0 atom stereocenters. The lowest BCUT2D eigenvalue weighted by atomic mass is 10.1. The second kappa shape index (κ2) is 8.17. The smallest absolute Gasteiger partial charge is 0.283 e. The molecule has 0 aliphatic heterocycles. The van der Waals surface area contributed by atoms with Crippen LogP contribution in [0.1, 0.15) is 0 Å². The maximum Gasteiger partial charge on any atom is 0.283 e. The van der Waals surface area contributed by atoms with Crippen LogP contribution in [-0.4, -0.2) is 27.3 Å². The molecule has 0 radical (unpaired) electrons. The molecule has 0 bridgehead atoms. The van der Waals surface area contributed by atoms with Crippen molar-refractivity contribution in [1.29, 1.82) is 0 Å². The number of hydrogen-bond donors (Lipinski definition) is 0. The largest absolute Gasteiger partial charge is 0.497 e. The zero-order valence-corrected chi connectivity index (χ0v) is 18.8. The van der Waals surface area contributed by atoms with E-state index in [0.29, 0.717) is 11.1 Å². The molecular weight excluding hydrogens is 484 g/mol. The molecule has 5 aromatic rings. The van der Waals surface area contributed by atoms with Gasteiger partial charge < -0.3 is 9.15 Å². The van der Waals surface area contributed by atoms with Crippen molar-refractivity contribution >= 4 is 49.2 Å². The maximum absolute atomic E-state index is 5.89. The number of nitrogens with zero attached hydrogens (tertiary/aromatic N) is 4. The molecule has 2 aromatic carbocycles. The fraction of sp³-hybridized carbons (Fsp3) is 0.0476. The summed E-state index contributed by atoms with van der Waals surface area (Å²) in [6.45, 7) is 0. The van der Waals surface area contributed by atoms with Crippen molar-refractivity contribution in [2.45, 2.75) is 10.2 Å². The molecule has 6 nitrogen and oxygen atoms in total. The first-order chi connectivity index (χ1) is 14.7. The number of benzene rings is 2. The van der Waals surface area contributed by atoms with E-state index in [1.165, 1.54) is 11.8 Å². The summed E-state index contributed by atoms with van der Waals surface area (Å²) in [6, 6.07) is 15.7. The van der Waals surface area contributed by atoms with E-state index in [2.05, 4.69) is 41.5 Å². The van der Waals surface area contributed by atoms with Crippen molar-refractivity contribution in [3.8, 4) is 28.3 Å².